The molecule has 1 unspecified atom stereocenters. The number of nitrogens with one attached hydrogen (secondary N) is 2. The molecular weight excluding hydrogens is 264 g/mol. The van der Waals surface area contributed by atoms with Gasteiger partial charge < -0.3 is 15.7 Å². The highest BCUT2D eigenvalue weighted by Crippen LogP contribution is 2.19. The molecule has 0 aromatic carbocycles. The minimum atomic E-state index is -1.04. The summed E-state index contributed by atoms with van der Waals surface area (Å²) in [6, 6.07) is 2.52. The summed E-state index contributed by atoms with van der Waals surface area (Å²) < 4.78 is 0. The van der Waals surface area contributed by atoms with Crippen molar-refractivity contribution in [1.29, 1.82) is 0 Å². The molecular formula is C13H20N2O3S. The van der Waals surface area contributed by atoms with E-state index in [2.05, 4.69) is 10.6 Å². The van der Waals surface area contributed by atoms with Crippen molar-refractivity contribution in [2.75, 3.05) is 6.54 Å². The number of aliphatic carboxylic acids is 1. The second-order valence-electron chi connectivity index (χ2n) is 5.28. The van der Waals surface area contributed by atoms with E-state index in [1.54, 1.807) is 17.5 Å². The van der Waals surface area contributed by atoms with Gasteiger partial charge in [-0.1, -0.05) is 6.07 Å². The molecule has 0 saturated heterocycles. The number of carbonyl (C=O) groups is 2. The van der Waals surface area contributed by atoms with E-state index in [9.17, 15) is 9.59 Å². The van der Waals surface area contributed by atoms with Gasteiger partial charge in [0.15, 0.2) is 6.04 Å². The summed E-state index contributed by atoms with van der Waals surface area (Å²) in [6.07, 6.45) is 0.256. The third-order valence-corrected chi connectivity index (χ3v) is 3.32. The Hall–Kier alpha value is -1.40. The van der Waals surface area contributed by atoms with Crippen LogP contribution in [0, 0.1) is 0 Å². The largest absolute Gasteiger partial charge is 0.479 e. The number of carbonyl (C=O) groups excluding carboxylic acids is 1. The summed E-state index contributed by atoms with van der Waals surface area (Å²) in [4.78, 5) is 23.5. The zero-order valence-corrected chi connectivity index (χ0v) is 12.2. The van der Waals surface area contributed by atoms with Crippen molar-refractivity contribution in [3.8, 4) is 0 Å². The monoisotopic (exact) mass is 284 g/mol. The first-order valence-electron chi connectivity index (χ1n) is 6.10. The Labute approximate surface area is 117 Å². The fourth-order valence-electron chi connectivity index (χ4n) is 1.49. The van der Waals surface area contributed by atoms with Gasteiger partial charge in [-0.2, -0.15) is 0 Å². The first kappa shape index (κ1) is 15.7. The maximum atomic E-state index is 11.7. The zero-order valence-electron chi connectivity index (χ0n) is 11.4. The quantitative estimate of drug-likeness (QED) is 0.744. The van der Waals surface area contributed by atoms with Crippen molar-refractivity contribution in [1.82, 2.24) is 10.6 Å². The van der Waals surface area contributed by atoms with Crippen LogP contribution in [-0.2, 0) is 9.59 Å². The summed E-state index contributed by atoms with van der Waals surface area (Å²) in [5.41, 5.74) is -0.0553. The second kappa shape index (κ2) is 6.68. The van der Waals surface area contributed by atoms with Gasteiger partial charge in [0.1, 0.15) is 0 Å². The normalized spacial score (nSPS) is 13.0. The van der Waals surface area contributed by atoms with Crippen LogP contribution < -0.4 is 10.6 Å². The lowest BCUT2D eigenvalue weighted by Crippen LogP contribution is -2.40. The molecule has 1 rings (SSSR count). The van der Waals surface area contributed by atoms with Gasteiger partial charge in [-0.3, -0.25) is 4.79 Å². The standard InChI is InChI=1S/C13H20N2O3S/c1-13(2,3)14-7-6-10(16)15-11(12(17)18)9-5-4-8-19-9/h4-5,8,11,14H,6-7H2,1-3H3,(H,15,16)(H,17,18). The number of rotatable bonds is 6. The van der Waals surface area contributed by atoms with E-state index >= 15 is 0 Å². The third kappa shape index (κ3) is 5.85. The average molecular weight is 284 g/mol. The highest BCUT2D eigenvalue weighted by molar-refractivity contribution is 7.10. The molecule has 1 amide bonds. The van der Waals surface area contributed by atoms with Gasteiger partial charge >= 0.3 is 5.97 Å². The van der Waals surface area contributed by atoms with Gasteiger partial charge in [0.2, 0.25) is 5.91 Å². The van der Waals surface area contributed by atoms with Crippen LogP contribution in [-0.4, -0.2) is 29.1 Å². The molecule has 1 aromatic heterocycles. The summed E-state index contributed by atoms with van der Waals surface area (Å²) >= 11 is 1.32. The number of hydrogen-bond donors (Lipinski definition) is 3. The van der Waals surface area contributed by atoms with E-state index in [0.717, 1.165) is 0 Å². The molecule has 3 N–H and O–H groups in total. The molecule has 106 valence electrons. The van der Waals surface area contributed by atoms with Gasteiger partial charge in [-0.25, -0.2) is 4.79 Å². The lowest BCUT2D eigenvalue weighted by Gasteiger charge is -2.20. The molecule has 6 heteroatoms. The highest BCUT2D eigenvalue weighted by atomic mass is 32.1. The maximum absolute atomic E-state index is 11.7. The third-order valence-electron chi connectivity index (χ3n) is 2.39. The number of amides is 1. The molecule has 19 heavy (non-hydrogen) atoms. The Morgan fingerprint density at radius 3 is 2.58 bits per heavy atom. The second-order valence-corrected chi connectivity index (χ2v) is 6.26. The predicted octanol–water partition coefficient (Wildman–Crippen LogP) is 1.77. The van der Waals surface area contributed by atoms with Gasteiger partial charge in [-0.05, 0) is 32.2 Å². The Morgan fingerprint density at radius 2 is 2.11 bits per heavy atom. The van der Waals surface area contributed by atoms with Crippen LogP contribution in [0.4, 0.5) is 0 Å². The Kier molecular flexibility index (Phi) is 5.50. The van der Waals surface area contributed by atoms with Crippen LogP contribution >= 0.6 is 11.3 Å². The lowest BCUT2D eigenvalue weighted by atomic mass is 10.1. The Morgan fingerprint density at radius 1 is 1.42 bits per heavy atom. The van der Waals surface area contributed by atoms with Crippen molar-refractivity contribution in [3.05, 3.63) is 22.4 Å². The topological polar surface area (TPSA) is 78.4 Å². The molecule has 1 aromatic rings. The minimum absolute atomic E-state index is 0.0553. The smallest absolute Gasteiger partial charge is 0.331 e. The zero-order chi connectivity index (χ0) is 14.5. The minimum Gasteiger partial charge on any atom is -0.479 e. The molecule has 0 aliphatic carbocycles. The summed E-state index contributed by atoms with van der Waals surface area (Å²) in [6.45, 7) is 6.55. The van der Waals surface area contributed by atoms with Crippen molar-refractivity contribution < 1.29 is 14.7 Å². The van der Waals surface area contributed by atoms with E-state index < -0.39 is 12.0 Å². The van der Waals surface area contributed by atoms with Gasteiger partial charge in [0.25, 0.3) is 0 Å². The summed E-state index contributed by atoms with van der Waals surface area (Å²) in [5, 5.41) is 16.6. The number of carboxylic acids is 1. The van der Waals surface area contributed by atoms with E-state index in [-0.39, 0.29) is 17.9 Å². The molecule has 0 spiro atoms. The van der Waals surface area contributed by atoms with Crippen molar-refractivity contribution in [3.63, 3.8) is 0 Å². The van der Waals surface area contributed by atoms with Crippen LogP contribution in [0.25, 0.3) is 0 Å². The first-order chi connectivity index (χ1) is 8.79. The van der Waals surface area contributed by atoms with Crippen LogP contribution in [0.5, 0.6) is 0 Å². The fraction of sp³-hybridized carbons (Fsp3) is 0.538. The summed E-state index contributed by atoms with van der Waals surface area (Å²) in [7, 11) is 0. The van der Waals surface area contributed by atoms with Crippen LogP contribution in [0.15, 0.2) is 17.5 Å². The number of carboxylic acid groups (broad SMARTS) is 1. The molecule has 1 heterocycles. The van der Waals surface area contributed by atoms with Crippen molar-refractivity contribution in [2.24, 2.45) is 0 Å². The lowest BCUT2D eigenvalue weighted by molar-refractivity contribution is -0.141. The number of hydrogen-bond acceptors (Lipinski definition) is 4. The predicted molar refractivity (Wildman–Crippen MR) is 75.2 cm³/mol. The van der Waals surface area contributed by atoms with E-state index in [1.165, 1.54) is 11.3 Å². The molecule has 5 nitrogen and oxygen atoms in total. The van der Waals surface area contributed by atoms with Gasteiger partial charge in [0, 0.05) is 23.4 Å². The molecule has 0 radical (unpaired) electrons. The number of thiophene rings is 1. The molecule has 0 saturated carbocycles. The maximum Gasteiger partial charge on any atom is 0.331 e. The average Bonchev–Trinajstić information content (AvgIpc) is 2.76. The fourth-order valence-corrected chi connectivity index (χ4v) is 2.26. The van der Waals surface area contributed by atoms with Gasteiger partial charge in [-0.15, -0.1) is 11.3 Å². The van der Waals surface area contributed by atoms with Crippen LogP contribution in [0.3, 0.4) is 0 Å². The van der Waals surface area contributed by atoms with E-state index in [4.69, 9.17) is 5.11 Å². The van der Waals surface area contributed by atoms with E-state index in [1.807, 2.05) is 20.8 Å². The molecule has 1 atom stereocenters. The molecule has 0 aliphatic rings. The molecule has 0 fully saturated rings. The van der Waals surface area contributed by atoms with Crippen molar-refractivity contribution in [2.45, 2.75) is 38.8 Å². The van der Waals surface area contributed by atoms with Crippen LogP contribution in [0.1, 0.15) is 38.1 Å². The Bertz CT molecular complexity index is 424. The molecule has 0 bridgehead atoms. The Balaban J connectivity index is 2.47. The van der Waals surface area contributed by atoms with Gasteiger partial charge in [0.05, 0.1) is 0 Å². The van der Waals surface area contributed by atoms with Crippen LogP contribution in [0.2, 0.25) is 0 Å². The summed E-state index contributed by atoms with van der Waals surface area (Å²) in [5.74, 6) is -1.31. The highest BCUT2D eigenvalue weighted by Gasteiger charge is 2.22. The SMILES string of the molecule is CC(C)(C)NCCC(=O)NC(C(=O)O)c1cccs1. The first-order valence-corrected chi connectivity index (χ1v) is 6.98. The van der Waals surface area contributed by atoms with E-state index in [0.29, 0.717) is 11.4 Å². The molecule has 0 aliphatic heterocycles. The van der Waals surface area contributed by atoms with Crippen molar-refractivity contribution >= 4 is 23.2 Å².